The lowest BCUT2D eigenvalue weighted by Crippen LogP contribution is -2.08. The first-order chi connectivity index (χ1) is 7.72. The molecule has 0 aliphatic heterocycles. The fourth-order valence-corrected chi connectivity index (χ4v) is 1.40. The molecule has 0 bridgehead atoms. The summed E-state index contributed by atoms with van der Waals surface area (Å²) in [5.74, 6) is -0.515. The molecular weight excluding hydrogens is 206 g/mol. The zero-order valence-corrected chi connectivity index (χ0v) is 8.84. The third-order valence-electron chi connectivity index (χ3n) is 2.28. The fourth-order valence-electron chi connectivity index (χ4n) is 1.40. The van der Waals surface area contributed by atoms with E-state index in [1.807, 2.05) is 6.07 Å². The van der Waals surface area contributed by atoms with Gasteiger partial charge in [-0.3, -0.25) is 4.79 Å². The summed E-state index contributed by atoms with van der Waals surface area (Å²) in [4.78, 5) is 22.6. The van der Waals surface area contributed by atoms with Crippen LogP contribution in [0.3, 0.4) is 0 Å². The lowest BCUT2D eigenvalue weighted by Gasteiger charge is -1.91. The smallest absolute Gasteiger partial charge is 0.407 e. The molecule has 0 saturated carbocycles. The number of rotatable bonds is 3. The van der Waals surface area contributed by atoms with Gasteiger partial charge in [-0.25, -0.2) is 9.36 Å². The summed E-state index contributed by atoms with van der Waals surface area (Å²) in [6, 6.07) is 7.07. The van der Waals surface area contributed by atoms with Crippen LogP contribution in [0.15, 0.2) is 39.6 Å². The Morgan fingerprint density at radius 2 is 2.19 bits per heavy atom. The van der Waals surface area contributed by atoms with E-state index < -0.39 is 5.76 Å². The average molecular weight is 217 g/mol. The summed E-state index contributed by atoms with van der Waals surface area (Å²) >= 11 is 0. The summed E-state index contributed by atoms with van der Waals surface area (Å²) in [5, 5.41) is 0. The minimum atomic E-state index is -0.485. The molecular formula is C12H11NO3. The predicted molar refractivity (Wildman–Crippen MR) is 61.1 cm³/mol. The summed E-state index contributed by atoms with van der Waals surface area (Å²) in [6.07, 6.45) is 3.24. The maximum absolute atomic E-state index is 11.5. The summed E-state index contributed by atoms with van der Waals surface area (Å²) in [7, 11) is 0. The van der Waals surface area contributed by atoms with Crippen LogP contribution in [0.2, 0.25) is 0 Å². The molecule has 82 valence electrons. The first kappa shape index (κ1) is 10.4. The topological polar surface area (TPSA) is 52.2 Å². The van der Waals surface area contributed by atoms with Gasteiger partial charge in [0, 0.05) is 12.6 Å². The number of ketones is 1. The number of benzene rings is 1. The molecule has 0 fully saturated rings. The van der Waals surface area contributed by atoms with Crippen molar-refractivity contribution in [2.75, 3.05) is 0 Å². The minimum absolute atomic E-state index is 0.0304. The lowest BCUT2D eigenvalue weighted by atomic mass is 10.3. The fraction of sp³-hybridized carbons (Fsp3) is 0.167. The number of carbonyl (C=O) groups is 1. The standard InChI is InChI=1S/C12H11NO3/c1-2-9(14)7-8-13-10-5-3-4-6-11(10)16-12(13)15/h3-8H,2H2,1H3/b8-7+. The van der Waals surface area contributed by atoms with Crippen LogP contribution >= 0.6 is 0 Å². The monoisotopic (exact) mass is 217 g/mol. The van der Waals surface area contributed by atoms with Crippen molar-refractivity contribution < 1.29 is 9.21 Å². The van der Waals surface area contributed by atoms with Crippen LogP contribution in [-0.2, 0) is 4.79 Å². The van der Waals surface area contributed by atoms with E-state index in [-0.39, 0.29) is 5.78 Å². The number of fused-ring (bicyclic) bond motifs is 1. The maximum atomic E-state index is 11.5. The molecule has 0 amide bonds. The highest BCUT2D eigenvalue weighted by Gasteiger charge is 2.05. The third-order valence-corrected chi connectivity index (χ3v) is 2.28. The summed E-state index contributed by atoms with van der Waals surface area (Å²) in [5.41, 5.74) is 1.17. The average Bonchev–Trinajstić information content (AvgIpc) is 2.62. The Labute approximate surface area is 91.8 Å². The molecule has 0 unspecified atom stereocenters. The van der Waals surface area contributed by atoms with Gasteiger partial charge in [-0.1, -0.05) is 19.1 Å². The number of hydrogen-bond acceptors (Lipinski definition) is 3. The van der Waals surface area contributed by atoms with Crippen molar-refractivity contribution in [3.63, 3.8) is 0 Å². The van der Waals surface area contributed by atoms with E-state index in [0.717, 1.165) is 0 Å². The van der Waals surface area contributed by atoms with Gasteiger partial charge in [0.15, 0.2) is 11.4 Å². The summed E-state index contributed by atoms with van der Waals surface area (Å²) in [6.45, 7) is 1.77. The number of carbonyl (C=O) groups excluding carboxylic acids is 1. The van der Waals surface area contributed by atoms with Gasteiger partial charge in [0.2, 0.25) is 0 Å². The van der Waals surface area contributed by atoms with E-state index >= 15 is 0 Å². The molecule has 0 N–H and O–H groups in total. The Morgan fingerprint density at radius 3 is 2.94 bits per heavy atom. The molecule has 1 heterocycles. The molecule has 0 atom stereocenters. The molecule has 2 rings (SSSR count). The number of oxazole rings is 1. The third kappa shape index (κ3) is 1.82. The van der Waals surface area contributed by atoms with Gasteiger partial charge in [-0.05, 0) is 18.2 Å². The van der Waals surface area contributed by atoms with E-state index in [1.54, 1.807) is 25.1 Å². The molecule has 4 heteroatoms. The van der Waals surface area contributed by atoms with Crippen molar-refractivity contribution in [3.05, 3.63) is 40.9 Å². The van der Waals surface area contributed by atoms with E-state index in [9.17, 15) is 9.59 Å². The highest BCUT2D eigenvalue weighted by atomic mass is 16.4. The van der Waals surface area contributed by atoms with Crippen molar-refractivity contribution in [2.24, 2.45) is 0 Å². The molecule has 0 aliphatic rings. The zero-order chi connectivity index (χ0) is 11.5. The van der Waals surface area contributed by atoms with E-state index in [1.165, 1.54) is 16.8 Å². The Hall–Kier alpha value is -2.10. The van der Waals surface area contributed by atoms with E-state index in [0.29, 0.717) is 17.5 Å². The molecule has 0 radical (unpaired) electrons. The van der Waals surface area contributed by atoms with Gasteiger partial charge in [0.25, 0.3) is 0 Å². The second-order valence-corrected chi connectivity index (χ2v) is 3.34. The SMILES string of the molecule is CCC(=O)/C=C/n1c(=O)oc2ccccc21. The van der Waals surface area contributed by atoms with Crippen molar-refractivity contribution in [3.8, 4) is 0 Å². The van der Waals surface area contributed by atoms with Crippen molar-refractivity contribution in [2.45, 2.75) is 13.3 Å². The van der Waals surface area contributed by atoms with Gasteiger partial charge in [-0.2, -0.15) is 0 Å². The van der Waals surface area contributed by atoms with Crippen LogP contribution in [0.25, 0.3) is 17.3 Å². The Kier molecular flexibility index (Phi) is 2.72. The van der Waals surface area contributed by atoms with Crippen LogP contribution in [-0.4, -0.2) is 10.4 Å². The Bertz CT molecular complexity index is 604. The molecule has 4 nitrogen and oxygen atoms in total. The highest BCUT2D eigenvalue weighted by molar-refractivity contribution is 5.92. The van der Waals surface area contributed by atoms with Crippen LogP contribution in [0.4, 0.5) is 0 Å². The van der Waals surface area contributed by atoms with Gasteiger partial charge < -0.3 is 4.42 Å². The number of nitrogens with zero attached hydrogens (tertiary/aromatic N) is 1. The largest absolute Gasteiger partial charge is 0.424 e. The zero-order valence-electron chi connectivity index (χ0n) is 8.84. The Balaban J connectivity index is 2.52. The number of allylic oxidation sites excluding steroid dienone is 1. The summed E-state index contributed by atoms with van der Waals surface area (Å²) < 4.78 is 6.33. The van der Waals surface area contributed by atoms with Crippen molar-refractivity contribution in [1.29, 1.82) is 0 Å². The highest BCUT2D eigenvalue weighted by Crippen LogP contribution is 2.11. The van der Waals surface area contributed by atoms with Crippen LogP contribution in [0, 0.1) is 0 Å². The van der Waals surface area contributed by atoms with Gasteiger partial charge in [-0.15, -0.1) is 0 Å². The molecule has 2 aromatic rings. The quantitative estimate of drug-likeness (QED) is 0.739. The minimum Gasteiger partial charge on any atom is -0.407 e. The first-order valence-corrected chi connectivity index (χ1v) is 5.03. The van der Waals surface area contributed by atoms with Gasteiger partial charge in [0.05, 0.1) is 5.52 Å². The molecule has 0 saturated heterocycles. The number of aromatic nitrogens is 1. The molecule has 0 aliphatic carbocycles. The second-order valence-electron chi connectivity index (χ2n) is 3.34. The number of para-hydroxylation sites is 2. The molecule has 16 heavy (non-hydrogen) atoms. The first-order valence-electron chi connectivity index (χ1n) is 5.03. The van der Waals surface area contributed by atoms with E-state index in [2.05, 4.69) is 0 Å². The second kappa shape index (κ2) is 4.18. The number of hydrogen-bond donors (Lipinski definition) is 0. The van der Waals surface area contributed by atoms with Crippen molar-refractivity contribution >= 4 is 23.1 Å². The maximum Gasteiger partial charge on any atom is 0.424 e. The predicted octanol–water partition coefficient (Wildman–Crippen LogP) is 2.04. The van der Waals surface area contributed by atoms with Gasteiger partial charge >= 0.3 is 5.76 Å². The Morgan fingerprint density at radius 1 is 1.44 bits per heavy atom. The molecule has 0 spiro atoms. The molecule has 1 aromatic carbocycles. The van der Waals surface area contributed by atoms with Crippen LogP contribution in [0.5, 0.6) is 0 Å². The van der Waals surface area contributed by atoms with Crippen LogP contribution in [0.1, 0.15) is 13.3 Å². The van der Waals surface area contributed by atoms with E-state index in [4.69, 9.17) is 4.42 Å². The van der Waals surface area contributed by atoms with Crippen molar-refractivity contribution in [1.82, 2.24) is 4.57 Å². The van der Waals surface area contributed by atoms with Crippen LogP contribution < -0.4 is 5.76 Å². The normalized spacial score (nSPS) is 11.3. The van der Waals surface area contributed by atoms with Gasteiger partial charge in [0.1, 0.15) is 0 Å². The molecule has 1 aromatic heterocycles. The lowest BCUT2D eigenvalue weighted by molar-refractivity contribution is -0.114.